The summed E-state index contributed by atoms with van der Waals surface area (Å²) in [5.41, 5.74) is -0.381. The topological polar surface area (TPSA) is 65.7 Å². The number of hydrogen-bond donors (Lipinski definition) is 0. The van der Waals surface area contributed by atoms with E-state index in [2.05, 4.69) is 0 Å². The Morgan fingerprint density at radius 1 is 1.29 bits per heavy atom. The fraction of sp³-hybridized carbons (Fsp3) is 0.167. The quantitative estimate of drug-likeness (QED) is 0.584. The van der Waals surface area contributed by atoms with Crippen LogP contribution in [-0.2, 0) is 4.79 Å². The molecule has 88 valence electrons. The minimum atomic E-state index is -0.711. The van der Waals surface area contributed by atoms with Crippen LogP contribution in [0.25, 0.3) is 11.0 Å². The lowest BCUT2D eigenvalue weighted by Gasteiger charge is -2.05. The van der Waals surface area contributed by atoms with Crippen LogP contribution in [0.2, 0.25) is 0 Å². The molecule has 0 fully saturated rings. The highest BCUT2D eigenvalue weighted by Crippen LogP contribution is 2.25. The van der Waals surface area contributed by atoms with E-state index in [9.17, 15) is 9.59 Å². The van der Waals surface area contributed by atoms with E-state index in [1.54, 1.807) is 18.2 Å². The van der Waals surface area contributed by atoms with Crippen molar-refractivity contribution in [1.29, 1.82) is 0 Å². The van der Waals surface area contributed by atoms with Gasteiger partial charge in [0.25, 0.3) is 0 Å². The van der Waals surface area contributed by atoms with Crippen LogP contribution in [0.1, 0.15) is 6.92 Å². The molecular weight excluding hydrogens is 224 g/mol. The third kappa shape index (κ3) is 2.13. The maximum atomic E-state index is 11.5. The zero-order valence-electron chi connectivity index (χ0n) is 9.35. The van der Waals surface area contributed by atoms with Crippen LogP contribution in [0.3, 0.4) is 0 Å². The summed E-state index contributed by atoms with van der Waals surface area (Å²) in [7, 11) is 1.48. The van der Waals surface area contributed by atoms with Crippen molar-refractivity contribution in [3.63, 3.8) is 0 Å². The first-order valence-corrected chi connectivity index (χ1v) is 4.91. The van der Waals surface area contributed by atoms with Gasteiger partial charge in [-0.1, -0.05) is 12.1 Å². The van der Waals surface area contributed by atoms with E-state index >= 15 is 0 Å². The van der Waals surface area contributed by atoms with E-state index < -0.39 is 11.6 Å². The first kappa shape index (κ1) is 11.2. The number of hydrogen-bond acceptors (Lipinski definition) is 5. The summed E-state index contributed by atoms with van der Waals surface area (Å²) < 4.78 is 14.9. The molecule has 0 bridgehead atoms. The molecule has 1 aromatic heterocycles. The van der Waals surface area contributed by atoms with Crippen LogP contribution in [0.15, 0.2) is 33.5 Å². The van der Waals surface area contributed by atoms with Crippen LogP contribution in [-0.4, -0.2) is 13.1 Å². The maximum Gasteiger partial charge on any atom is 0.379 e. The van der Waals surface area contributed by atoms with Gasteiger partial charge in [0.05, 0.1) is 7.11 Å². The lowest BCUT2D eigenvalue weighted by Crippen LogP contribution is -2.10. The molecule has 2 aromatic rings. The van der Waals surface area contributed by atoms with E-state index in [1.165, 1.54) is 20.1 Å². The number of ether oxygens (including phenoxy) is 2. The first-order valence-electron chi connectivity index (χ1n) is 4.91. The smallest absolute Gasteiger partial charge is 0.379 e. The van der Waals surface area contributed by atoms with Gasteiger partial charge >= 0.3 is 11.6 Å². The number of esters is 1. The summed E-state index contributed by atoms with van der Waals surface area (Å²) in [6, 6.07) is 6.61. The Bertz CT molecular complexity index is 626. The fourth-order valence-electron chi connectivity index (χ4n) is 1.49. The predicted octanol–water partition coefficient (Wildman–Crippen LogP) is 1.73. The van der Waals surface area contributed by atoms with Gasteiger partial charge in [0.15, 0.2) is 11.3 Å². The number of para-hydroxylation sites is 1. The second-order valence-electron chi connectivity index (χ2n) is 3.37. The molecule has 17 heavy (non-hydrogen) atoms. The summed E-state index contributed by atoms with van der Waals surface area (Å²) >= 11 is 0. The summed E-state index contributed by atoms with van der Waals surface area (Å²) in [5, 5.41) is 0.625. The van der Waals surface area contributed by atoms with Crippen LogP contribution >= 0.6 is 0 Å². The third-order valence-electron chi connectivity index (χ3n) is 2.17. The van der Waals surface area contributed by atoms with Crippen molar-refractivity contribution in [2.75, 3.05) is 7.11 Å². The van der Waals surface area contributed by atoms with Gasteiger partial charge in [0.1, 0.15) is 0 Å². The molecule has 0 saturated heterocycles. The Labute approximate surface area is 96.6 Å². The number of methoxy groups -OCH3 is 1. The van der Waals surface area contributed by atoms with Crippen LogP contribution in [0.5, 0.6) is 11.5 Å². The van der Waals surface area contributed by atoms with Crippen molar-refractivity contribution in [3.05, 3.63) is 34.7 Å². The van der Waals surface area contributed by atoms with Gasteiger partial charge in [-0.05, 0) is 12.1 Å². The van der Waals surface area contributed by atoms with Gasteiger partial charge in [0, 0.05) is 12.3 Å². The van der Waals surface area contributed by atoms with Gasteiger partial charge in [-0.25, -0.2) is 4.79 Å². The highest BCUT2D eigenvalue weighted by atomic mass is 16.5. The Morgan fingerprint density at radius 2 is 2.06 bits per heavy atom. The fourth-order valence-corrected chi connectivity index (χ4v) is 1.49. The highest BCUT2D eigenvalue weighted by Gasteiger charge is 2.11. The van der Waals surface area contributed by atoms with Crippen LogP contribution < -0.4 is 15.1 Å². The third-order valence-corrected chi connectivity index (χ3v) is 2.17. The average molecular weight is 234 g/mol. The number of benzene rings is 1. The number of carbonyl (C=O) groups excluding carboxylic acids is 1. The standard InChI is InChI=1S/C12H10O5/c1-7(13)16-10-6-8-4-3-5-9(15-2)11(8)17-12(10)14/h3-6H,1-2H3. The summed E-state index contributed by atoms with van der Waals surface area (Å²) in [6.45, 7) is 1.22. The van der Waals surface area contributed by atoms with Crippen LogP contribution in [0, 0.1) is 0 Å². The molecule has 0 spiro atoms. The van der Waals surface area contributed by atoms with Crippen molar-refractivity contribution < 1.29 is 18.7 Å². The molecule has 2 rings (SSSR count). The summed E-state index contributed by atoms with van der Waals surface area (Å²) in [4.78, 5) is 22.3. The summed E-state index contributed by atoms with van der Waals surface area (Å²) in [6.07, 6.45) is 0. The van der Waals surface area contributed by atoms with Gasteiger partial charge in [-0.2, -0.15) is 0 Å². The Morgan fingerprint density at radius 3 is 2.71 bits per heavy atom. The van der Waals surface area contributed by atoms with Crippen molar-refractivity contribution in [2.45, 2.75) is 6.92 Å². The Kier molecular flexibility index (Phi) is 2.82. The minimum absolute atomic E-state index is 0.127. The maximum absolute atomic E-state index is 11.5. The molecule has 0 aliphatic rings. The van der Waals surface area contributed by atoms with E-state index in [0.717, 1.165) is 0 Å². The molecule has 0 amide bonds. The molecule has 5 nitrogen and oxygen atoms in total. The molecule has 0 radical (unpaired) electrons. The molecule has 5 heteroatoms. The van der Waals surface area contributed by atoms with E-state index in [0.29, 0.717) is 16.7 Å². The van der Waals surface area contributed by atoms with Gasteiger partial charge in [0.2, 0.25) is 5.75 Å². The molecule has 0 aliphatic carbocycles. The monoisotopic (exact) mass is 234 g/mol. The minimum Gasteiger partial charge on any atom is -0.493 e. The SMILES string of the molecule is COc1cccc2cc(OC(C)=O)c(=O)oc12. The van der Waals surface area contributed by atoms with Crippen LogP contribution in [0.4, 0.5) is 0 Å². The van der Waals surface area contributed by atoms with Crippen molar-refractivity contribution in [3.8, 4) is 11.5 Å². The Hall–Kier alpha value is -2.30. The second-order valence-corrected chi connectivity index (χ2v) is 3.37. The lowest BCUT2D eigenvalue weighted by molar-refractivity contribution is -0.132. The van der Waals surface area contributed by atoms with E-state index in [1.807, 2.05) is 0 Å². The first-order chi connectivity index (χ1) is 8.11. The van der Waals surface area contributed by atoms with Crippen molar-refractivity contribution in [1.82, 2.24) is 0 Å². The largest absolute Gasteiger partial charge is 0.493 e. The van der Waals surface area contributed by atoms with Gasteiger partial charge < -0.3 is 13.9 Å². The van der Waals surface area contributed by atoms with Gasteiger partial charge in [-0.15, -0.1) is 0 Å². The number of fused-ring (bicyclic) bond motifs is 1. The Balaban J connectivity index is 2.66. The molecule has 0 N–H and O–H groups in total. The average Bonchev–Trinajstić information content (AvgIpc) is 2.29. The molecule has 0 atom stereocenters. The van der Waals surface area contributed by atoms with E-state index in [-0.39, 0.29) is 5.75 Å². The van der Waals surface area contributed by atoms with Crippen molar-refractivity contribution >= 4 is 16.9 Å². The second kappa shape index (κ2) is 4.29. The number of rotatable bonds is 2. The molecule has 0 aliphatic heterocycles. The van der Waals surface area contributed by atoms with E-state index in [4.69, 9.17) is 13.9 Å². The lowest BCUT2D eigenvalue weighted by atomic mass is 10.2. The molecular formula is C12H10O5. The zero-order chi connectivity index (χ0) is 12.4. The molecule has 0 unspecified atom stereocenters. The van der Waals surface area contributed by atoms with Gasteiger partial charge in [-0.3, -0.25) is 4.79 Å². The normalized spacial score (nSPS) is 10.2. The predicted molar refractivity (Wildman–Crippen MR) is 60.3 cm³/mol. The highest BCUT2D eigenvalue weighted by molar-refractivity contribution is 5.83. The summed E-state index contributed by atoms with van der Waals surface area (Å²) in [5.74, 6) is -0.244. The number of carbonyl (C=O) groups is 1. The van der Waals surface area contributed by atoms with Crippen molar-refractivity contribution in [2.24, 2.45) is 0 Å². The zero-order valence-corrected chi connectivity index (χ0v) is 9.35. The molecule has 1 heterocycles. The molecule has 1 aromatic carbocycles. The molecule has 0 saturated carbocycles.